The zero-order chi connectivity index (χ0) is 20.8. The molecule has 29 heavy (non-hydrogen) atoms. The number of nitrogens with zero attached hydrogens (tertiary/aromatic N) is 1. The first kappa shape index (κ1) is 20.9. The molecule has 1 aliphatic rings. The van der Waals surface area contributed by atoms with Crippen molar-refractivity contribution in [2.75, 3.05) is 25.6 Å². The van der Waals surface area contributed by atoms with Crippen LogP contribution in [0.1, 0.15) is 49.9 Å². The lowest BCUT2D eigenvalue weighted by molar-refractivity contribution is -0.149. The molecular formula is C22H28N2O5. The SMILES string of the molecule is CCOC(=O)c1cnc2c(OC)cccc2c1N[C@H]1CC[C@@H](C(=O)OCC)CC1. The van der Waals surface area contributed by atoms with Gasteiger partial charge in [0.25, 0.3) is 0 Å². The number of benzene rings is 1. The fourth-order valence-electron chi connectivity index (χ4n) is 3.82. The van der Waals surface area contributed by atoms with Gasteiger partial charge >= 0.3 is 11.9 Å². The van der Waals surface area contributed by atoms with Crippen LogP contribution in [0.15, 0.2) is 24.4 Å². The Bertz CT molecular complexity index is 875. The predicted octanol–water partition coefficient (Wildman–Crippen LogP) is 3.95. The number of pyridine rings is 1. The number of methoxy groups -OCH3 is 1. The molecule has 2 aromatic rings. The molecule has 0 saturated heterocycles. The summed E-state index contributed by atoms with van der Waals surface area (Å²) in [6.45, 7) is 4.30. The molecule has 3 rings (SSSR count). The highest BCUT2D eigenvalue weighted by molar-refractivity contribution is 6.06. The molecule has 1 aromatic carbocycles. The molecule has 156 valence electrons. The zero-order valence-electron chi connectivity index (χ0n) is 17.2. The quantitative estimate of drug-likeness (QED) is 0.704. The molecule has 0 bridgehead atoms. The van der Waals surface area contributed by atoms with Crippen molar-refractivity contribution in [1.82, 2.24) is 4.98 Å². The molecule has 7 nitrogen and oxygen atoms in total. The van der Waals surface area contributed by atoms with Gasteiger partial charge in [-0.2, -0.15) is 0 Å². The van der Waals surface area contributed by atoms with E-state index >= 15 is 0 Å². The number of hydrogen-bond donors (Lipinski definition) is 1. The van der Waals surface area contributed by atoms with Gasteiger partial charge in [-0.05, 0) is 45.6 Å². The molecule has 0 spiro atoms. The lowest BCUT2D eigenvalue weighted by Crippen LogP contribution is -2.31. The fraction of sp³-hybridized carbons (Fsp3) is 0.500. The Labute approximate surface area is 170 Å². The summed E-state index contributed by atoms with van der Waals surface area (Å²) in [6, 6.07) is 5.78. The summed E-state index contributed by atoms with van der Waals surface area (Å²) >= 11 is 0. The van der Waals surface area contributed by atoms with E-state index in [0.29, 0.717) is 35.7 Å². The van der Waals surface area contributed by atoms with Gasteiger partial charge in [0.2, 0.25) is 0 Å². The van der Waals surface area contributed by atoms with Crippen molar-refractivity contribution < 1.29 is 23.8 Å². The van der Waals surface area contributed by atoms with Crippen LogP contribution in [0.2, 0.25) is 0 Å². The monoisotopic (exact) mass is 400 g/mol. The molecule has 1 N–H and O–H groups in total. The van der Waals surface area contributed by atoms with E-state index in [9.17, 15) is 9.59 Å². The summed E-state index contributed by atoms with van der Waals surface area (Å²) in [4.78, 5) is 29.0. The molecule has 1 fully saturated rings. The number of rotatable bonds is 7. The van der Waals surface area contributed by atoms with Crippen LogP contribution in [0.4, 0.5) is 5.69 Å². The fourth-order valence-corrected chi connectivity index (χ4v) is 3.82. The lowest BCUT2D eigenvalue weighted by Gasteiger charge is -2.29. The van der Waals surface area contributed by atoms with E-state index in [1.54, 1.807) is 14.0 Å². The topological polar surface area (TPSA) is 86.8 Å². The molecule has 1 heterocycles. The smallest absolute Gasteiger partial charge is 0.341 e. The van der Waals surface area contributed by atoms with Crippen LogP contribution in [0.25, 0.3) is 10.9 Å². The second kappa shape index (κ2) is 9.58. The van der Waals surface area contributed by atoms with E-state index in [4.69, 9.17) is 14.2 Å². The number of carbonyl (C=O) groups excluding carboxylic acids is 2. The number of carbonyl (C=O) groups is 2. The maximum atomic E-state index is 12.5. The van der Waals surface area contributed by atoms with E-state index in [1.165, 1.54) is 6.20 Å². The highest BCUT2D eigenvalue weighted by atomic mass is 16.5. The zero-order valence-corrected chi connectivity index (χ0v) is 17.2. The maximum Gasteiger partial charge on any atom is 0.341 e. The van der Waals surface area contributed by atoms with Gasteiger partial charge in [0.05, 0.1) is 31.9 Å². The Morgan fingerprint density at radius 3 is 2.48 bits per heavy atom. The predicted molar refractivity (Wildman–Crippen MR) is 110 cm³/mol. The third-order valence-electron chi connectivity index (χ3n) is 5.27. The Hall–Kier alpha value is -2.83. The third kappa shape index (κ3) is 4.60. The first-order valence-electron chi connectivity index (χ1n) is 10.1. The van der Waals surface area contributed by atoms with E-state index < -0.39 is 5.97 Å². The Balaban J connectivity index is 1.88. The van der Waals surface area contributed by atoms with Gasteiger partial charge in [-0.25, -0.2) is 4.79 Å². The normalized spacial score (nSPS) is 18.9. The van der Waals surface area contributed by atoms with Gasteiger partial charge in [-0.1, -0.05) is 12.1 Å². The molecule has 1 aromatic heterocycles. The minimum atomic E-state index is -0.410. The average molecular weight is 400 g/mol. The molecule has 1 saturated carbocycles. The Morgan fingerprint density at radius 2 is 1.83 bits per heavy atom. The van der Waals surface area contributed by atoms with Gasteiger partial charge in [-0.15, -0.1) is 0 Å². The van der Waals surface area contributed by atoms with Crippen molar-refractivity contribution >= 4 is 28.5 Å². The standard InChI is InChI=1S/C22H28N2O5/c1-4-28-21(25)14-9-11-15(12-10-14)24-19-16-7-6-8-18(27-3)20(16)23-13-17(19)22(26)29-5-2/h6-8,13-15H,4-5,9-12H2,1-3H3,(H,23,24)/t14-,15+. The number of ether oxygens (including phenoxy) is 3. The second-order valence-corrected chi connectivity index (χ2v) is 7.07. The van der Waals surface area contributed by atoms with Gasteiger partial charge in [0, 0.05) is 17.6 Å². The number of para-hydroxylation sites is 1. The molecular weight excluding hydrogens is 372 g/mol. The van der Waals surface area contributed by atoms with Crippen molar-refractivity contribution in [2.24, 2.45) is 5.92 Å². The van der Waals surface area contributed by atoms with Crippen LogP contribution >= 0.6 is 0 Å². The van der Waals surface area contributed by atoms with Crippen molar-refractivity contribution in [3.63, 3.8) is 0 Å². The minimum Gasteiger partial charge on any atom is -0.494 e. The van der Waals surface area contributed by atoms with E-state index in [-0.39, 0.29) is 17.9 Å². The molecule has 0 atom stereocenters. The van der Waals surface area contributed by atoms with Crippen molar-refractivity contribution in [3.8, 4) is 5.75 Å². The summed E-state index contributed by atoms with van der Waals surface area (Å²) in [5.41, 5.74) is 1.79. The first-order valence-corrected chi connectivity index (χ1v) is 10.1. The number of aromatic nitrogens is 1. The van der Waals surface area contributed by atoms with Crippen molar-refractivity contribution in [3.05, 3.63) is 30.0 Å². The van der Waals surface area contributed by atoms with E-state index in [2.05, 4.69) is 10.3 Å². The molecule has 0 amide bonds. The maximum absolute atomic E-state index is 12.5. The minimum absolute atomic E-state index is 0.0493. The van der Waals surface area contributed by atoms with Crippen molar-refractivity contribution in [1.29, 1.82) is 0 Å². The van der Waals surface area contributed by atoms with Gasteiger partial charge in [-0.3, -0.25) is 9.78 Å². The molecule has 0 aliphatic heterocycles. The Kier molecular flexibility index (Phi) is 6.90. The van der Waals surface area contributed by atoms with Crippen LogP contribution in [-0.2, 0) is 14.3 Å². The number of esters is 2. The van der Waals surface area contributed by atoms with Gasteiger partial charge in [0.15, 0.2) is 0 Å². The highest BCUT2D eigenvalue weighted by Gasteiger charge is 2.28. The summed E-state index contributed by atoms with van der Waals surface area (Å²) in [6.07, 6.45) is 4.70. The molecule has 0 unspecified atom stereocenters. The highest BCUT2D eigenvalue weighted by Crippen LogP contribution is 2.35. The van der Waals surface area contributed by atoms with Gasteiger partial charge in [0.1, 0.15) is 16.8 Å². The average Bonchev–Trinajstić information content (AvgIpc) is 2.74. The van der Waals surface area contributed by atoms with E-state index in [0.717, 1.165) is 31.1 Å². The number of nitrogens with one attached hydrogen (secondary N) is 1. The second-order valence-electron chi connectivity index (χ2n) is 7.07. The summed E-state index contributed by atoms with van der Waals surface area (Å²) < 4.78 is 15.8. The summed E-state index contributed by atoms with van der Waals surface area (Å²) in [5, 5.41) is 4.33. The first-order chi connectivity index (χ1) is 14.1. The largest absolute Gasteiger partial charge is 0.494 e. The number of fused-ring (bicyclic) bond motifs is 1. The number of hydrogen-bond acceptors (Lipinski definition) is 7. The van der Waals surface area contributed by atoms with Crippen LogP contribution < -0.4 is 10.1 Å². The Morgan fingerprint density at radius 1 is 1.10 bits per heavy atom. The van der Waals surface area contributed by atoms with Crippen LogP contribution in [-0.4, -0.2) is 43.3 Å². The van der Waals surface area contributed by atoms with E-state index in [1.807, 2.05) is 25.1 Å². The summed E-state index contributed by atoms with van der Waals surface area (Å²) in [7, 11) is 1.60. The van der Waals surface area contributed by atoms with Crippen molar-refractivity contribution in [2.45, 2.75) is 45.6 Å². The number of anilines is 1. The molecule has 1 aliphatic carbocycles. The van der Waals surface area contributed by atoms with Crippen LogP contribution in [0.3, 0.4) is 0 Å². The van der Waals surface area contributed by atoms with Gasteiger partial charge < -0.3 is 19.5 Å². The van der Waals surface area contributed by atoms with Crippen LogP contribution in [0, 0.1) is 5.92 Å². The lowest BCUT2D eigenvalue weighted by atomic mass is 9.86. The summed E-state index contributed by atoms with van der Waals surface area (Å²) in [5.74, 6) is 0.0727. The molecule has 7 heteroatoms. The van der Waals surface area contributed by atoms with Crippen LogP contribution in [0.5, 0.6) is 5.75 Å². The molecule has 0 radical (unpaired) electrons. The third-order valence-corrected chi connectivity index (χ3v) is 5.27.